The normalized spacial score (nSPS) is 40.4. The Morgan fingerprint density at radius 2 is 1.56 bits per heavy atom. The Kier molecular flexibility index (Phi) is 9.34. The molecule has 8 heteroatoms. The molecule has 5 aliphatic carbocycles. The van der Waals surface area contributed by atoms with E-state index < -0.39 is 22.9 Å². The zero-order valence-electron chi connectivity index (χ0n) is 32.8. The van der Waals surface area contributed by atoms with Crippen LogP contribution in [0.2, 0.25) is 0 Å². The van der Waals surface area contributed by atoms with E-state index in [0.29, 0.717) is 18.3 Å². The van der Waals surface area contributed by atoms with Gasteiger partial charge in [-0.2, -0.15) is 0 Å². The summed E-state index contributed by atoms with van der Waals surface area (Å²) in [5.74, 6) is 0.269. The van der Waals surface area contributed by atoms with E-state index in [2.05, 4.69) is 65.7 Å². The monoisotopic (exact) mass is 694 g/mol. The molecule has 0 aromatic heterocycles. The quantitative estimate of drug-likeness (QED) is 0.264. The molecule has 4 saturated carbocycles. The van der Waals surface area contributed by atoms with E-state index in [1.54, 1.807) is 13.8 Å². The fraction of sp³-hybridized carbons (Fsp3) is 0.857. The second-order valence-electron chi connectivity index (χ2n) is 20.0. The summed E-state index contributed by atoms with van der Waals surface area (Å²) in [5.41, 5.74) is 0.489. The van der Waals surface area contributed by atoms with Gasteiger partial charge in [0, 0.05) is 17.8 Å². The molecular weight excluding hydrogens is 628 g/mol. The molecule has 0 spiro atoms. The first kappa shape index (κ1) is 37.5. The van der Waals surface area contributed by atoms with Gasteiger partial charge >= 0.3 is 11.9 Å². The molecule has 1 saturated heterocycles. The Hall–Kier alpha value is -2.22. The van der Waals surface area contributed by atoms with Crippen molar-refractivity contribution in [3.05, 3.63) is 11.1 Å². The van der Waals surface area contributed by atoms with Gasteiger partial charge in [0.1, 0.15) is 6.10 Å². The molecule has 6 rings (SSSR count). The van der Waals surface area contributed by atoms with Gasteiger partial charge in [-0.05, 0) is 149 Å². The Labute approximate surface area is 301 Å². The average Bonchev–Trinajstić information content (AvgIpc) is 3.30. The molecule has 0 unspecified atom stereocenters. The third-order valence-corrected chi connectivity index (χ3v) is 16.3. The molecule has 280 valence electrons. The van der Waals surface area contributed by atoms with E-state index in [9.17, 15) is 24.3 Å². The van der Waals surface area contributed by atoms with Crippen molar-refractivity contribution in [3.8, 4) is 0 Å². The first-order chi connectivity index (χ1) is 23.1. The molecule has 8 nitrogen and oxygen atoms in total. The van der Waals surface area contributed by atoms with E-state index in [0.717, 1.165) is 82.9 Å². The maximum absolute atomic E-state index is 14.0. The maximum atomic E-state index is 14.0. The lowest BCUT2D eigenvalue weighted by Gasteiger charge is -2.72. The van der Waals surface area contributed by atoms with Gasteiger partial charge in [0.25, 0.3) is 0 Å². The van der Waals surface area contributed by atoms with Crippen LogP contribution in [0.25, 0.3) is 0 Å². The molecule has 0 aromatic carbocycles. The molecule has 0 radical (unpaired) electrons. The van der Waals surface area contributed by atoms with Crippen LogP contribution < -0.4 is 5.32 Å². The number of fused-ring (bicyclic) bond motifs is 7. The van der Waals surface area contributed by atoms with Crippen LogP contribution in [-0.4, -0.2) is 65.4 Å². The smallest absolute Gasteiger partial charge is 0.309 e. The second kappa shape index (κ2) is 12.4. The number of ketones is 1. The number of aliphatic carboxylic acids is 1. The Morgan fingerprint density at radius 3 is 2.18 bits per heavy atom. The fourth-order valence-electron chi connectivity index (χ4n) is 13.2. The minimum Gasteiger partial charge on any atom is -0.481 e. The number of Topliss-reactive ketones (excluding diaryl/α,β-unsaturated/α-hetero) is 1. The first-order valence-corrected chi connectivity index (χ1v) is 19.8. The van der Waals surface area contributed by atoms with E-state index in [1.807, 2.05) is 0 Å². The number of carbonyl (C=O) groups excluding carboxylic acids is 3. The molecule has 0 bridgehead atoms. The predicted octanol–water partition coefficient (Wildman–Crippen LogP) is 7.59. The minimum absolute atomic E-state index is 0.00163. The standard InChI is InChI=1S/C42H66N2O6/c1-25(2)33-28(45)23-42(43-35(47)26-15-21-44(10)22-16-26)20-19-40(8)27(34(33)42)11-12-30-39(7)17-14-31(50-32(46)24-37(3,4)36(48)49)38(5,6)29(39)13-18-41(30,40)9/h25-27,29-31H,11-24H2,1-10H3,(H,43,47)(H,48,49)/t27-,29+,30-,31+,39+,40-,41-,42-/m1/s1. The van der Waals surface area contributed by atoms with Crippen LogP contribution in [0.4, 0.5) is 0 Å². The van der Waals surface area contributed by atoms with Gasteiger partial charge in [-0.25, -0.2) is 0 Å². The molecule has 1 aliphatic heterocycles. The molecule has 2 N–H and O–H groups in total. The molecule has 6 aliphatic rings. The summed E-state index contributed by atoms with van der Waals surface area (Å²) in [5, 5.41) is 13.2. The number of nitrogens with zero attached hydrogens (tertiary/aromatic N) is 1. The van der Waals surface area contributed by atoms with Crippen LogP contribution in [-0.2, 0) is 23.9 Å². The van der Waals surface area contributed by atoms with Gasteiger partial charge in [0.05, 0.1) is 17.4 Å². The zero-order valence-corrected chi connectivity index (χ0v) is 32.8. The predicted molar refractivity (Wildman–Crippen MR) is 194 cm³/mol. The summed E-state index contributed by atoms with van der Waals surface area (Å²) >= 11 is 0. The highest BCUT2D eigenvalue weighted by molar-refractivity contribution is 6.02. The van der Waals surface area contributed by atoms with Crippen LogP contribution in [0.1, 0.15) is 139 Å². The van der Waals surface area contributed by atoms with Crippen molar-refractivity contribution in [3.63, 3.8) is 0 Å². The average molecular weight is 695 g/mol. The Bertz CT molecular complexity index is 1460. The Morgan fingerprint density at radius 1 is 0.900 bits per heavy atom. The number of hydrogen-bond acceptors (Lipinski definition) is 6. The molecule has 1 amide bonds. The minimum atomic E-state index is -1.16. The molecule has 1 heterocycles. The number of rotatable bonds is 7. The van der Waals surface area contributed by atoms with Gasteiger partial charge in [0.15, 0.2) is 5.78 Å². The van der Waals surface area contributed by atoms with Gasteiger partial charge in [-0.1, -0.05) is 48.5 Å². The summed E-state index contributed by atoms with van der Waals surface area (Å²) in [6.45, 7) is 21.5. The van der Waals surface area contributed by atoms with Crippen LogP contribution in [0.3, 0.4) is 0 Å². The van der Waals surface area contributed by atoms with Gasteiger partial charge in [-0.3, -0.25) is 19.2 Å². The van der Waals surface area contributed by atoms with Gasteiger partial charge in [-0.15, -0.1) is 0 Å². The molecular formula is C42H66N2O6. The molecule has 50 heavy (non-hydrogen) atoms. The summed E-state index contributed by atoms with van der Waals surface area (Å²) in [7, 11) is 2.12. The van der Waals surface area contributed by atoms with Gasteiger partial charge < -0.3 is 20.1 Å². The summed E-state index contributed by atoms with van der Waals surface area (Å²) in [6, 6.07) is 0. The number of carboxylic acid groups (broad SMARTS) is 1. The Balaban J connectivity index is 1.28. The third-order valence-electron chi connectivity index (χ3n) is 16.3. The van der Waals surface area contributed by atoms with E-state index in [4.69, 9.17) is 4.74 Å². The van der Waals surface area contributed by atoms with Crippen LogP contribution in [0, 0.1) is 56.7 Å². The number of carbonyl (C=O) groups is 4. The molecule has 5 fully saturated rings. The number of esters is 1. The van der Waals surface area contributed by atoms with Crippen molar-refractivity contribution in [2.24, 2.45) is 56.7 Å². The molecule has 8 atom stereocenters. The van der Waals surface area contributed by atoms with Crippen molar-refractivity contribution in [1.82, 2.24) is 10.2 Å². The van der Waals surface area contributed by atoms with Crippen molar-refractivity contribution < 1.29 is 29.0 Å². The van der Waals surface area contributed by atoms with E-state index >= 15 is 0 Å². The molecule has 0 aromatic rings. The topological polar surface area (TPSA) is 113 Å². The van der Waals surface area contributed by atoms with Crippen molar-refractivity contribution in [2.75, 3.05) is 20.1 Å². The largest absolute Gasteiger partial charge is 0.481 e. The van der Waals surface area contributed by atoms with Gasteiger partial charge in [0.2, 0.25) is 5.91 Å². The summed E-state index contributed by atoms with van der Waals surface area (Å²) < 4.78 is 6.16. The first-order valence-electron chi connectivity index (χ1n) is 19.8. The number of likely N-dealkylation sites (tertiary alicyclic amines) is 1. The number of nitrogens with one attached hydrogen (secondary N) is 1. The lowest BCUT2D eigenvalue weighted by molar-refractivity contribution is -0.232. The maximum Gasteiger partial charge on any atom is 0.309 e. The van der Waals surface area contributed by atoms with Crippen molar-refractivity contribution in [2.45, 2.75) is 151 Å². The van der Waals surface area contributed by atoms with E-state index in [-0.39, 0.29) is 63.6 Å². The van der Waals surface area contributed by atoms with Crippen molar-refractivity contribution in [1.29, 1.82) is 0 Å². The van der Waals surface area contributed by atoms with Crippen LogP contribution in [0.5, 0.6) is 0 Å². The number of ether oxygens (including phenoxy) is 1. The fourth-order valence-corrected chi connectivity index (χ4v) is 13.2. The van der Waals surface area contributed by atoms with Crippen LogP contribution in [0.15, 0.2) is 11.1 Å². The van der Waals surface area contributed by atoms with E-state index in [1.165, 1.54) is 5.57 Å². The van der Waals surface area contributed by atoms with Crippen molar-refractivity contribution >= 4 is 23.6 Å². The third kappa shape index (κ3) is 5.62. The highest BCUT2D eigenvalue weighted by atomic mass is 16.5. The van der Waals surface area contributed by atoms with Crippen LogP contribution >= 0.6 is 0 Å². The number of allylic oxidation sites excluding steroid dienone is 1. The zero-order chi connectivity index (χ0) is 36.8. The highest BCUT2D eigenvalue weighted by Gasteiger charge is 2.70. The number of carboxylic acids is 1. The SMILES string of the molecule is CC(C)C1=C2[C@H]3CC[C@@H]4[C@@]5(C)CC[C@H](OC(=O)CC(C)(C)C(=O)O)C(C)(C)[C@@H]5CC[C@@]4(C)[C@]3(C)CC[C@@]2(NC(=O)C2CCN(C)CC2)CC1=O. The summed E-state index contributed by atoms with van der Waals surface area (Å²) in [6.07, 6.45) is 9.68. The number of amides is 1. The lowest BCUT2D eigenvalue weighted by Crippen LogP contribution is -2.67. The highest BCUT2D eigenvalue weighted by Crippen LogP contribution is 2.76. The lowest BCUT2D eigenvalue weighted by atomic mass is 9.33. The second-order valence-corrected chi connectivity index (χ2v) is 20.0. The number of hydrogen-bond donors (Lipinski definition) is 2. The summed E-state index contributed by atoms with van der Waals surface area (Å²) in [4.78, 5) is 55.0. The number of piperidine rings is 1.